The highest BCUT2D eigenvalue weighted by atomic mass is 16.6. The van der Waals surface area contributed by atoms with E-state index in [0.717, 1.165) is 28.0 Å². The lowest BCUT2D eigenvalue weighted by Crippen LogP contribution is -2.44. The normalized spacial score (nSPS) is 11.5. The van der Waals surface area contributed by atoms with Crippen LogP contribution in [-0.4, -0.2) is 47.7 Å². The monoisotopic (exact) mass is 568 g/mol. The van der Waals surface area contributed by atoms with Gasteiger partial charge in [-0.1, -0.05) is 19.1 Å². The first-order valence-electron chi connectivity index (χ1n) is 13.5. The number of nitrogens with one attached hydrogen (secondary N) is 3. The zero-order valence-corrected chi connectivity index (χ0v) is 24.1. The summed E-state index contributed by atoms with van der Waals surface area (Å²) in [6, 6.07) is 14.6. The molecule has 5 rings (SSSR count). The highest BCUT2D eigenvalue weighted by molar-refractivity contribution is 6.09. The molecular formula is C30H32N8O4. The van der Waals surface area contributed by atoms with Gasteiger partial charge in [-0.05, 0) is 70.5 Å². The van der Waals surface area contributed by atoms with E-state index in [2.05, 4.69) is 26.1 Å². The third-order valence-electron chi connectivity index (χ3n) is 6.38. The third-order valence-corrected chi connectivity index (χ3v) is 6.38. The molecule has 12 heteroatoms. The van der Waals surface area contributed by atoms with Crippen molar-refractivity contribution in [1.82, 2.24) is 35.0 Å². The fraction of sp³-hybridized carbons (Fsp3) is 0.267. The number of imidazole rings is 1. The maximum atomic E-state index is 13.4. The number of amides is 3. The second kappa shape index (κ2) is 11.3. The highest BCUT2D eigenvalue weighted by Gasteiger charge is 2.20. The number of anilines is 1. The summed E-state index contributed by atoms with van der Waals surface area (Å²) in [5.74, 6) is -0.928. The fourth-order valence-corrected chi connectivity index (χ4v) is 4.58. The number of hydrazine groups is 1. The van der Waals surface area contributed by atoms with Gasteiger partial charge in [-0.3, -0.25) is 29.1 Å². The summed E-state index contributed by atoms with van der Waals surface area (Å²) in [6.07, 6.45) is 2.92. The second-order valence-corrected chi connectivity index (χ2v) is 10.8. The van der Waals surface area contributed by atoms with Crippen molar-refractivity contribution < 1.29 is 19.1 Å². The second-order valence-electron chi connectivity index (χ2n) is 10.8. The van der Waals surface area contributed by atoms with Crippen molar-refractivity contribution in [2.45, 2.75) is 53.2 Å². The smallest absolute Gasteiger partial charge is 0.426 e. The van der Waals surface area contributed by atoms with Crippen LogP contribution in [0.3, 0.4) is 0 Å². The number of ether oxygens (including phenoxy) is 1. The Morgan fingerprint density at radius 1 is 1.00 bits per heavy atom. The first-order valence-corrected chi connectivity index (χ1v) is 13.5. The molecule has 0 atom stereocenters. The number of pyridine rings is 2. The van der Waals surface area contributed by atoms with Gasteiger partial charge in [-0.15, -0.1) is 0 Å². The summed E-state index contributed by atoms with van der Waals surface area (Å²) >= 11 is 0. The third kappa shape index (κ3) is 6.07. The molecule has 12 nitrogen and oxygen atoms in total. The summed E-state index contributed by atoms with van der Waals surface area (Å²) in [6.45, 7) is 9.64. The Morgan fingerprint density at radius 3 is 2.52 bits per heavy atom. The molecule has 0 spiro atoms. The number of aryl methyl sites for hydroxylation is 2. The van der Waals surface area contributed by atoms with Gasteiger partial charge in [0.15, 0.2) is 0 Å². The zero-order valence-electron chi connectivity index (χ0n) is 24.1. The van der Waals surface area contributed by atoms with Crippen molar-refractivity contribution in [2.24, 2.45) is 0 Å². The van der Waals surface area contributed by atoms with Gasteiger partial charge in [0.25, 0.3) is 11.8 Å². The Labute approximate surface area is 242 Å². The Bertz CT molecular complexity index is 1820. The molecule has 1 aromatic carbocycles. The Morgan fingerprint density at radius 2 is 1.79 bits per heavy atom. The SMILES string of the molecule is CCc1nn(Cc2cccc(C)n2)c2cccc(NC(=O)c3cnc4cc(C(=O)NNC(=O)OC(C)(C)C)ccn34)c12. The van der Waals surface area contributed by atoms with E-state index < -0.39 is 17.6 Å². The number of carbonyl (C=O) groups is 3. The number of fused-ring (bicyclic) bond motifs is 2. The van der Waals surface area contributed by atoms with E-state index in [-0.39, 0.29) is 17.2 Å². The highest BCUT2D eigenvalue weighted by Crippen LogP contribution is 2.28. The average Bonchev–Trinajstić information content (AvgIpc) is 3.52. The van der Waals surface area contributed by atoms with Crippen LogP contribution in [0, 0.1) is 6.92 Å². The molecule has 5 aromatic rings. The Balaban J connectivity index is 1.35. The molecule has 0 aliphatic heterocycles. The van der Waals surface area contributed by atoms with Crippen LogP contribution in [0.5, 0.6) is 0 Å². The summed E-state index contributed by atoms with van der Waals surface area (Å²) in [4.78, 5) is 46.7. The van der Waals surface area contributed by atoms with Crippen molar-refractivity contribution in [3.8, 4) is 0 Å². The van der Waals surface area contributed by atoms with E-state index in [0.29, 0.717) is 24.3 Å². The lowest BCUT2D eigenvalue weighted by atomic mass is 10.1. The molecule has 42 heavy (non-hydrogen) atoms. The number of carbonyl (C=O) groups excluding carboxylic acids is 3. The molecule has 4 aromatic heterocycles. The molecular weight excluding hydrogens is 536 g/mol. The number of benzene rings is 1. The number of hydrogen-bond donors (Lipinski definition) is 3. The topological polar surface area (TPSA) is 145 Å². The van der Waals surface area contributed by atoms with Crippen molar-refractivity contribution in [2.75, 3.05) is 5.32 Å². The minimum Gasteiger partial charge on any atom is -0.443 e. The minimum absolute atomic E-state index is 0.240. The van der Waals surface area contributed by atoms with Crippen molar-refractivity contribution in [3.63, 3.8) is 0 Å². The van der Waals surface area contributed by atoms with Gasteiger partial charge in [-0.25, -0.2) is 15.2 Å². The maximum absolute atomic E-state index is 13.4. The van der Waals surface area contributed by atoms with Crippen molar-refractivity contribution >= 4 is 40.1 Å². The molecule has 0 aliphatic carbocycles. The number of nitrogens with zero attached hydrogens (tertiary/aromatic N) is 5. The van der Waals surface area contributed by atoms with Crippen LogP contribution in [-0.2, 0) is 17.7 Å². The molecule has 0 saturated carbocycles. The van der Waals surface area contributed by atoms with Gasteiger partial charge in [0.2, 0.25) is 0 Å². The molecule has 0 aliphatic rings. The largest absolute Gasteiger partial charge is 0.443 e. The molecule has 0 fully saturated rings. The van der Waals surface area contributed by atoms with Gasteiger partial charge in [-0.2, -0.15) is 5.10 Å². The fourth-order valence-electron chi connectivity index (χ4n) is 4.58. The predicted molar refractivity (Wildman–Crippen MR) is 157 cm³/mol. The number of hydrogen-bond acceptors (Lipinski definition) is 7. The number of aromatic nitrogens is 5. The molecule has 0 unspecified atom stereocenters. The molecule has 0 bridgehead atoms. The van der Waals surface area contributed by atoms with Crippen LogP contribution < -0.4 is 16.2 Å². The van der Waals surface area contributed by atoms with E-state index in [1.807, 2.05) is 54.9 Å². The van der Waals surface area contributed by atoms with Crippen LogP contribution in [0.25, 0.3) is 16.6 Å². The molecule has 0 radical (unpaired) electrons. The molecule has 4 heterocycles. The standard InChI is InChI=1S/C30H32N8O4/c1-6-21-26-22(11-8-12-23(26)38(36-21)17-20-10-7-9-18(2)32-20)33-28(40)24-16-31-25-15-19(13-14-37(24)25)27(39)34-35-29(41)42-30(3,4)5/h7-16H,6,17H2,1-5H3,(H,33,40)(H,34,39)(H,35,41). The molecule has 216 valence electrons. The van der Waals surface area contributed by atoms with Crippen LogP contribution in [0.15, 0.2) is 60.9 Å². The van der Waals surface area contributed by atoms with Crippen molar-refractivity contribution in [1.29, 1.82) is 0 Å². The summed E-state index contributed by atoms with van der Waals surface area (Å²) in [7, 11) is 0. The summed E-state index contributed by atoms with van der Waals surface area (Å²) in [5, 5.41) is 8.71. The molecule has 0 saturated heterocycles. The van der Waals surface area contributed by atoms with Gasteiger partial charge < -0.3 is 10.1 Å². The lowest BCUT2D eigenvalue weighted by Gasteiger charge is -2.19. The van der Waals surface area contributed by atoms with E-state index >= 15 is 0 Å². The number of rotatable bonds is 6. The zero-order chi connectivity index (χ0) is 30.0. The van der Waals surface area contributed by atoms with Crippen molar-refractivity contribution in [3.05, 3.63) is 89.3 Å². The van der Waals surface area contributed by atoms with E-state index in [4.69, 9.17) is 9.84 Å². The Hall–Kier alpha value is -5.26. The van der Waals surface area contributed by atoms with Crippen LogP contribution in [0.2, 0.25) is 0 Å². The van der Waals surface area contributed by atoms with Gasteiger partial charge in [0.1, 0.15) is 16.9 Å². The van der Waals surface area contributed by atoms with Gasteiger partial charge >= 0.3 is 6.09 Å². The average molecular weight is 569 g/mol. The van der Waals surface area contributed by atoms with E-state index in [9.17, 15) is 14.4 Å². The van der Waals surface area contributed by atoms with Gasteiger partial charge in [0, 0.05) is 22.8 Å². The molecule has 3 N–H and O–H groups in total. The lowest BCUT2D eigenvalue weighted by molar-refractivity contribution is 0.0483. The van der Waals surface area contributed by atoms with Crippen LogP contribution >= 0.6 is 0 Å². The summed E-state index contributed by atoms with van der Waals surface area (Å²) in [5.41, 5.74) is 8.95. The van der Waals surface area contributed by atoms with E-state index in [1.54, 1.807) is 31.4 Å². The molecule has 3 amide bonds. The predicted octanol–water partition coefficient (Wildman–Crippen LogP) is 4.42. The van der Waals surface area contributed by atoms with E-state index in [1.165, 1.54) is 18.3 Å². The quantitative estimate of drug-likeness (QED) is 0.257. The van der Waals surface area contributed by atoms with Gasteiger partial charge in [0.05, 0.1) is 35.3 Å². The summed E-state index contributed by atoms with van der Waals surface area (Å²) < 4.78 is 8.60. The Kier molecular flexibility index (Phi) is 7.62. The maximum Gasteiger partial charge on any atom is 0.426 e. The van der Waals surface area contributed by atoms with Crippen LogP contribution in [0.4, 0.5) is 10.5 Å². The minimum atomic E-state index is -0.782. The first kappa shape index (κ1) is 28.3. The van der Waals surface area contributed by atoms with Crippen LogP contribution in [0.1, 0.15) is 65.6 Å². The first-order chi connectivity index (χ1) is 20.0.